The number of hydrogen-bond acceptors (Lipinski definition) is 5. The van der Waals surface area contributed by atoms with Gasteiger partial charge in [-0.3, -0.25) is 14.4 Å². The average molecular weight is 302 g/mol. The number of rotatable bonds is 8. The van der Waals surface area contributed by atoms with Crippen molar-refractivity contribution in [2.75, 3.05) is 20.3 Å². The lowest BCUT2D eigenvalue weighted by molar-refractivity contribution is -0.155. The summed E-state index contributed by atoms with van der Waals surface area (Å²) in [4.78, 5) is 34.7. The van der Waals surface area contributed by atoms with E-state index in [1.807, 2.05) is 0 Å². The van der Waals surface area contributed by atoms with E-state index in [1.54, 1.807) is 27.7 Å². The maximum Gasteiger partial charge on any atom is 0.306 e. The molecule has 0 saturated carbocycles. The van der Waals surface area contributed by atoms with Gasteiger partial charge in [-0.1, -0.05) is 0 Å². The summed E-state index contributed by atoms with van der Waals surface area (Å²) in [5, 5.41) is 5.14. The lowest BCUT2D eigenvalue weighted by Gasteiger charge is -2.19. The Morgan fingerprint density at radius 2 is 1.76 bits per heavy atom. The van der Waals surface area contributed by atoms with Crippen LogP contribution >= 0.6 is 0 Å². The molecular weight excluding hydrogens is 276 g/mol. The highest BCUT2D eigenvalue weighted by Crippen LogP contribution is 2.09. The van der Waals surface area contributed by atoms with E-state index in [-0.39, 0.29) is 24.7 Å². The Morgan fingerprint density at radius 1 is 1.14 bits per heavy atom. The molecule has 1 unspecified atom stereocenters. The van der Waals surface area contributed by atoms with Crippen molar-refractivity contribution >= 4 is 17.8 Å². The molecule has 7 nitrogen and oxygen atoms in total. The lowest BCUT2D eigenvalue weighted by Crippen LogP contribution is -2.45. The summed E-state index contributed by atoms with van der Waals surface area (Å²) in [5.74, 6) is -1.09. The van der Waals surface area contributed by atoms with Crippen molar-refractivity contribution in [1.82, 2.24) is 10.6 Å². The van der Waals surface area contributed by atoms with E-state index in [9.17, 15) is 14.4 Å². The van der Waals surface area contributed by atoms with Crippen LogP contribution in [-0.2, 0) is 23.9 Å². The van der Waals surface area contributed by atoms with Gasteiger partial charge in [-0.25, -0.2) is 0 Å². The highest BCUT2D eigenvalue weighted by molar-refractivity contribution is 5.88. The third-order valence-corrected chi connectivity index (χ3v) is 2.35. The molecule has 0 aromatic rings. The summed E-state index contributed by atoms with van der Waals surface area (Å²) in [6, 6.07) is -0.659. The van der Waals surface area contributed by atoms with Gasteiger partial charge in [0.05, 0.1) is 13.0 Å². The van der Waals surface area contributed by atoms with E-state index in [2.05, 4.69) is 10.6 Å². The van der Waals surface area contributed by atoms with E-state index >= 15 is 0 Å². The van der Waals surface area contributed by atoms with Gasteiger partial charge in [0.1, 0.15) is 11.6 Å². The summed E-state index contributed by atoms with van der Waals surface area (Å²) < 4.78 is 9.90. The number of esters is 1. The number of ether oxygens (including phenoxy) is 2. The number of amides is 2. The molecule has 0 aromatic heterocycles. The van der Waals surface area contributed by atoms with Crippen LogP contribution in [0.3, 0.4) is 0 Å². The molecule has 0 spiro atoms. The van der Waals surface area contributed by atoms with Gasteiger partial charge < -0.3 is 20.1 Å². The number of hydrogen-bond donors (Lipinski definition) is 2. The minimum Gasteiger partial charge on any atom is -0.460 e. The van der Waals surface area contributed by atoms with Crippen molar-refractivity contribution < 1.29 is 23.9 Å². The van der Waals surface area contributed by atoms with Gasteiger partial charge in [-0.2, -0.15) is 0 Å². The third kappa shape index (κ3) is 10.8. The monoisotopic (exact) mass is 302 g/mol. The molecule has 21 heavy (non-hydrogen) atoms. The van der Waals surface area contributed by atoms with Gasteiger partial charge in [0.15, 0.2) is 0 Å². The molecule has 0 radical (unpaired) electrons. The first kappa shape index (κ1) is 19.4. The third-order valence-electron chi connectivity index (χ3n) is 2.35. The standard InChI is InChI=1S/C14H26N2O5/c1-10(13(19)15-8-9-20-5)16-11(17)6-7-12(18)21-14(2,3)4/h10H,6-9H2,1-5H3,(H,15,19)(H,16,17). The van der Waals surface area contributed by atoms with Crippen LogP contribution in [0.2, 0.25) is 0 Å². The Morgan fingerprint density at radius 3 is 2.29 bits per heavy atom. The zero-order valence-corrected chi connectivity index (χ0v) is 13.4. The predicted octanol–water partition coefficient (Wildman–Crippen LogP) is 0.376. The largest absolute Gasteiger partial charge is 0.460 e. The van der Waals surface area contributed by atoms with Crippen LogP contribution in [0.15, 0.2) is 0 Å². The molecular formula is C14H26N2O5. The zero-order valence-electron chi connectivity index (χ0n) is 13.4. The zero-order chi connectivity index (χ0) is 16.5. The quantitative estimate of drug-likeness (QED) is 0.499. The van der Waals surface area contributed by atoms with Crippen molar-refractivity contribution in [1.29, 1.82) is 0 Å². The van der Waals surface area contributed by atoms with Crippen LogP contribution in [0.25, 0.3) is 0 Å². The van der Waals surface area contributed by atoms with Crippen molar-refractivity contribution in [2.45, 2.75) is 52.2 Å². The molecule has 0 rings (SSSR count). The Balaban J connectivity index is 3.97. The SMILES string of the molecule is COCCNC(=O)C(C)NC(=O)CCC(=O)OC(C)(C)C. The van der Waals surface area contributed by atoms with Crippen LogP contribution < -0.4 is 10.6 Å². The van der Waals surface area contributed by atoms with Crippen LogP contribution in [0.1, 0.15) is 40.5 Å². The first-order valence-corrected chi connectivity index (χ1v) is 6.93. The smallest absolute Gasteiger partial charge is 0.306 e. The fraction of sp³-hybridized carbons (Fsp3) is 0.786. The molecule has 0 heterocycles. The maximum atomic E-state index is 11.6. The van der Waals surface area contributed by atoms with Gasteiger partial charge in [0, 0.05) is 20.1 Å². The fourth-order valence-electron chi connectivity index (χ4n) is 1.42. The highest BCUT2D eigenvalue weighted by atomic mass is 16.6. The minimum absolute atomic E-state index is 0.00932. The van der Waals surface area contributed by atoms with Crippen LogP contribution in [0.4, 0.5) is 0 Å². The molecule has 7 heteroatoms. The Labute approximate surface area is 125 Å². The first-order chi connectivity index (χ1) is 9.65. The molecule has 122 valence electrons. The summed E-state index contributed by atoms with van der Waals surface area (Å²) in [7, 11) is 1.54. The van der Waals surface area contributed by atoms with Crippen molar-refractivity contribution in [3.05, 3.63) is 0 Å². The Kier molecular flexibility index (Phi) is 8.61. The minimum atomic E-state index is -0.659. The normalized spacial score (nSPS) is 12.4. The Bertz CT molecular complexity index is 363. The van der Waals surface area contributed by atoms with E-state index in [0.29, 0.717) is 13.2 Å². The van der Waals surface area contributed by atoms with Crippen molar-refractivity contribution in [3.8, 4) is 0 Å². The second kappa shape index (κ2) is 9.33. The molecule has 0 aliphatic carbocycles. The second-order valence-corrected chi connectivity index (χ2v) is 5.66. The van der Waals surface area contributed by atoms with Crippen LogP contribution in [-0.4, -0.2) is 49.7 Å². The fourth-order valence-corrected chi connectivity index (χ4v) is 1.42. The van der Waals surface area contributed by atoms with Gasteiger partial charge in [-0.15, -0.1) is 0 Å². The number of methoxy groups -OCH3 is 1. The summed E-state index contributed by atoms with van der Waals surface area (Å²) in [6.07, 6.45) is -0.0221. The summed E-state index contributed by atoms with van der Waals surface area (Å²) in [5.41, 5.74) is -0.567. The van der Waals surface area contributed by atoms with E-state index in [4.69, 9.17) is 9.47 Å². The average Bonchev–Trinajstić information content (AvgIpc) is 2.34. The molecule has 0 saturated heterocycles. The number of nitrogens with one attached hydrogen (secondary N) is 2. The molecule has 0 aliphatic heterocycles. The predicted molar refractivity (Wildman–Crippen MR) is 77.6 cm³/mol. The van der Waals surface area contributed by atoms with Gasteiger partial charge in [0.25, 0.3) is 0 Å². The number of carbonyl (C=O) groups is 3. The van der Waals surface area contributed by atoms with E-state index in [1.165, 1.54) is 7.11 Å². The number of carbonyl (C=O) groups excluding carboxylic acids is 3. The Hall–Kier alpha value is -1.63. The summed E-state index contributed by atoms with van der Waals surface area (Å²) >= 11 is 0. The molecule has 1 atom stereocenters. The molecule has 0 aliphatic rings. The van der Waals surface area contributed by atoms with Crippen LogP contribution in [0, 0.1) is 0 Å². The van der Waals surface area contributed by atoms with Gasteiger partial charge in [-0.05, 0) is 27.7 Å². The maximum absolute atomic E-state index is 11.6. The highest BCUT2D eigenvalue weighted by Gasteiger charge is 2.19. The first-order valence-electron chi connectivity index (χ1n) is 6.93. The lowest BCUT2D eigenvalue weighted by atomic mass is 10.2. The van der Waals surface area contributed by atoms with Crippen molar-refractivity contribution in [3.63, 3.8) is 0 Å². The van der Waals surface area contributed by atoms with Crippen LogP contribution in [0.5, 0.6) is 0 Å². The summed E-state index contributed by atoms with van der Waals surface area (Å²) in [6.45, 7) is 7.65. The molecule has 0 fully saturated rings. The van der Waals surface area contributed by atoms with E-state index in [0.717, 1.165) is 0 Å². The molecule has 2 N–H and O–H groups in total. The molecule has 0 bridgehead atoms. The molecule has 2 amide bonds. The van der Waals surface area contributed by atoms with Gasteiger partial charge in [0.2, 0.25) is 11.8 Å². The van der Waals surface area contributed by atoms with Crippen molar-refractivity contribution in [2.24, 2.45) is 0 Å². The van der Waals surface area contributed by atoms with Gasteiger partial charge >= 0.3 is 5.97 Å². The molecule has 0 aromatic carbocycles. The topological polar surface area (TPSA) is 93.7 Å². The van der Waals surface area contributed by atoms with E-state index < -0.39 is 17.6 Å². The second-order valence-electron chi connectivity index (χ2n) is 5.66.